The molecule has 94 valence electrons. The highest BCUT2D eigenvalue weighted by molar-refractivity contribution is 5.85. The van der Waals surface area contributed by atoms with E-state index in [2.05, 4.69) is 5.32 Å². The topological polar surface area (TPSA) is 64.4 Å². The normalized spacial score (nSPS) is 17.4. The molecule has 0 bridgehead atoms. The smallest absolute Gasteiger partial charge is 0.221 e. The lowest BCUT2D eigenvalue weighted by Gasteiger charge is -2.26. The fourth-order valence-corrected chi connectivity index (χ4v) is 1.89. The third-order valence-electron chi connectivity index (χ3n) is 2.67. The fourth-order valence-electron chi connectivity index (χ4n) is 1.89. The molecule has 0 aliphatic carbocycles. The van der Waals surface area contributed by atoms with E-state index in [0.717, 1.165) is 17.7 Å². The van der Waals surface area contributed by atoms with Crippen LogP contribution >= 0.6 is 12.4 Å². The van der Waals surface area contributed by atoms with E-state index in [4.69, 9.17) is 10.5 Å². The lowest BCUT2D eigenvalue weighted by Crippen LogP contribution is -2.33. The summed E-state index contributed by atoms with van der Waals surface area (Å²) < 4.78 is 5.52. The maximum Gasteiger partial charge on any atom is 0.221 e. The second-order valence-corrected chi connectivity index (χ2v) is 3.83. The summed E-state index contributed by atoms with van der Waals surface area (Å²) in [5.41, 5.74) is 6.40. The first-order valence-electron chi connectivity index (χ1n) is 5.52. The summed E-state index contributed by atoms with van der Waals surface area (Å²) in [6, 6.07) is 7.86. The van der Waals surface area contributed by atoms with Gasteiger partial charge in [-0.15, -0.1) is 12.4 Å². The van der Waals surface area contributed by atoms with Gasteiger partial charge in [-0.3, -0.25) is 4.79 Å². The molecule has 2 rings (SSSR count). The Labute approximate surface area is 107 Å². The van der Waals surface area contributed by atoms with Gasteiger partial charge in [0.15, 0.2) is 0 Å². The Bertz CT molecular complexity index is 385. The molecule has 0 aromatic heterocycles. The lowest BCUT2D eigenvalue weighted by atomic mass is 10.0. The largest absolute Gasteiger partial charge is 0.493 e. The highest BCUT2D eigenvalue weighted by Gasteiger charge is 2.21. The molecule has 0 saturated carbocycles. The van der Waals surface area contributed by atoms with Crippen LogP contribution in [-0.2, 0) is 4.79 Å². The molecule has 1 aromatic rings. The first-order chi connectivity index (χ1) is 7.81. The van der Waals surface area contributed by atoms with Gasteiger partial charge in [-0.1, -0.05) is 18.2 Å². The van der Waals surface area contributed by atoms with Crippen molar-refractivity contribution < 1.29 is 9.53 Å². The molecule has 1 aliphatic heterocycles. The molecule has 1 aromatic carbocycles. The van der Waals surface area contributed by atoms with Crippen LogP contribution in [-0.4, -0.2) is 19.1 Å². The van der Waals surface area contributed by atoms with Gasteiger partial charge in [0, 0.05) is 24.9 Å². The zero-order chi connectivity index (χ0) is 11.4. The number of rotatable bonds is 3. The Morgan fingerprint density at radius 1 is 1.47 bits per heavy atom. The van der Waals surface area contributed by atoms with Gasteiger partial charge in [-0.05, 0) is 6.07 Å². The third-order valence-corrected chi connectivity index (χ3v) is 2.67. The molecule has 17 heavy (non-hydrogen) atoms. The average molecular weight is 257 g/mol. The summed E-state index contributed by atoms with van der Waals surface area (Å²) >= 11 is 0. The van der Waals surface area contributed by atoms with Crippen molar-refractivity contribution in [2.45, 2.75) is 18.9 Å². The third kappa shape index (κ3) is 3.35. The van der Waals surface area contributed by atoms with Crippen molar-refractivity contribution in [1.29, 1.82) is 0 Å². The molecule has 5 heteroatoms. The first kappa shape index (κ1) is 13.8. The summed E-state index contributed by atoms with van der Waals surface area (Å²) in [5.74, 6) is 0.871. The van der Waals surface area contributed by atoms with Gasteiger partial charge in [0.2, 0.25) is 5.91 Å². The molecule has 0 fully saturated rings. The minimum Gasteiger partial charge on any atom is -0.493 e. The zero-order valence-corrected chi connectivity index (χ0v) is 10.3. The minimum atomic E-state index is 0. The van der Waals surface area contributed by atoms with Crippen LogP contribution in [0.4, 0.5) is 0 Å². The number of carbonyl (C=O) groups excluding carboxylic acids is 1. The van der Waals surface area contributed by atoms with Crippen molar-refractivity contribution in [3.05, 3.63) is 29.8 Å². The predicted octanol–water partition coefficient (Wildman–Crippen LogP) is 1.40. The lowest BCUT2D eigenvalue weighted by molar-refractivity contribution is -0.121. The average Bonchev–Trinajstić information content (AvgIpc) is 2.30. The number of hydrogen-bond acceptors (Lipinski definition) is 3. The molecule has 0 radical (unpaired) electrons. The molecule has 1 amide bonds. The van der Waals surface area contributed by atoms with E-state index in [0.29, 0.717) is 19.6 Å². The predicted molar refractivity (Wildman–Crippen MR) is 68.4 cm³/mol. The van der Waals surface area contributed by atoms with Gasteiger partial charge in [-0.25, -0.2) is 0 Å². The fraction of sp³-hybridized carbons (Fsp3) is 0.417. The molecule has 1 heterocycles. The molecule has 1 unspecified atom stereocenters. The summed E-state index contributed by atoms with van der Waals surface area (Å²) in [7, 11) is 0. The number of halogens is 1. The van der Waals surface area contributed by atoms with Crippen molar-refractivity contribution in [3.8, 4) is 5.75 Å². The van der Waals surface area contributed by atoms with Crippen LogP contribution in [0.1, 0.15) is 24.4 Å². The van der Waals surface area contributed by atoms with Crippen molar-refractivity contribution in [1.82, 2.24) is 5.32 Å². The Morgan fingerprint density at radius 2 is 2.24 bits per heavy atom. The maximum absolute atomic E-state index is 11.5. The van der Waals surface area contributed by atoms with E-state index < -0.39 is 0 Å². The van der Waals surface area contributed by atoms with Gasteiger partial charge in [-0.2, -0.15) is 0 Å². The quantitative estimate of drug-likeness (QED) is 0.859. The van der Waals surface area contributed by atoms with Crippen LogP contribution in [0.3, 0.4) is 0 Å². The Hall–Kier alpha value is -1.26. The van der Waals surface area contributed by atoms with Crippen LogP contribution in [0.5, 0.6) is 5.75 Å². The second kappa shape index (κ2) is 6.47. The number of nitrogens with two attached hydrogens (primary N) is 1. The van der Waals surface area contributed by atoms with E-state index in [1.165, 1.54) is 0 Å². The zero-order valence-electron chi connectivity index (χ0n) is 9.52. The van der Waals surface area contributed by atoms with E-state index in [9.17, 15) is 4.79 Å². The number of nitrogens with one attached hydrogen (secondary N) is 1. The van der Waals surface area contributed by atoms with E-state index in [1.807, 2.05) is 24.3 Å². The Kier molecular flexibility index (Phi) is 5.25. The number of carbonyl (C=O) groups is 1. The SMILES string of the molecule is Cl.NCCC(=O)NC1CCOc2ccccc21. The highest BCUT2D eigenvalue weighted by Crippen LogP contribution is 2.31. The van der Waals surface area contributed by atoms with Crippen LogP contribution in [0.2, 0.25) is 0 Å². The monoisotopic (exact) mass is 256 g/mol. The molecule has 1 aliphatic rings. The summed E-state index contributed by atoms with van der Waals surface area (Å²) in [4.78, 5) is 11.5. The van der Waals surface area contributed by atoms with Crippen LogP contribution in [0.15, 0.2) is 24.3 Å². The van der Waals surface area contributed by atoms with Crippen molar-refractivity contribution in [3.63, 3.8) is 0 Å². The molecular weight excluding hydrogens is 240 g/mol. The maximum atomic E-state index is 11.5. The van der Waals surface area contributed by atoms with Gasteiger partial charge in [0.25, 0.3) is 0 Å². The van der Waals surface area contributed by atoms with E-state index in [-0.39, 0.29) is 24.4 Å². The number of para-hydroxylation sites is 1. The van der Waals surface area contributed by atoms with Crippen LogP contribution in [0.25, 0.3) is 0 Å². The minimum absolute atomic E-state index is 0. The summed E-state index contributed by atoms with van der Waals surface area (Å²) in [6.07, 6.45) is 1.19. The first-order valence-corrected chi connectivity index (χ1v) is 5.52. The summed E-state index contributed by atoms with van der Waals surface area (Å²) in [5, 5.41) is 2.98. The van der Waals surface area contributed by atoms with E-state index >= 15 is 0 Å². The van der Waals surface area contributed by atoms with Crippen molar-refractivity contribution in [2.24, 2.45) is 5.73 Å². The van der Waals surface area contributed by atoms with Crippen molar-refractivity contribution in [2.75, 3.05) is 13.2 Å². The van der Waals surface area contributed by atoms with Gasteiger partial charge in [0.05, 0.1) is 12.6 Å². The number of ether oxygens (including phenoxy) is 1. The summed E-state index contributed by atoms with van der Waals surface area (Å²) in [6.45, 7) is 1.03. The molecule has 0 spiro atoms. The number of benzene rings is 1. The highest BCUT2D eigenvalue weighted by atomic mass is 35.5. The number of hydrogen-bond donors (Lipinski definition) is 2. The van der Waals surface area contributed by atoms with E-state index in [1.54, 1.807) is 0 Å². The van der Waals surface area contributed by atoms with Crippen LogP contribution < -0.4 is 15.8 Å². The number of amides is 1. The van der Waals surface area contributed by atoms with Gasteiger partial charge in [0.1, 0.15) is 5.75 Å². The molecule has 1 atom stereocenters. The molecule has 4 nitrogen and oxygen atoms in total. The standard InChI is InChI=1S/C12H16N2O2.ClH/c13-7-5-12(15)14-10-6-8-16-11-4-2-1-3-9(10)11;/h1-4,10H,5-8,13H2,(H,14,15);1H. The van der Waals surface area contributed by atoms with Gasteiger partial charge >= 0.3 is 0 Å². The number of fused-ring (bicyclic) bond motifs is 1. The molecule has 0 saturated heterocycles. The second-order valence-electron chi connectivity index (χ2n) is 3.83. The molecular formula is C12H17ClN2O2. The Balaban J connectivity index is 0.00000144. The molecule has 3 N–H and O–H groups in total. The van der Waals surface area contributed by atoms with Gasteiger partial charge < -0.3 is 15.8 Å². The van der Waals surface area contributed by atoms with Crippen molar-refractivity contribution >= 4 is 18.3 Å². The Morgan fingerprint density at radius 3 is 3.00 bits per heavy atom. The van der Waals surface area contributed by atoms with Crippen LogP contribution in [0, 0.1) is 0 Å².